The minimum absolute atomic E-state index is 0.0246. The molecule has 0 bridgehead atoms. The van der Waals surface area contributed by atoms with Crippen LogP contribution in [0.15, 0.2) is 22.7 Å². The number of hydrogen-bond acceptors (Lipinski definition) is 3. The Bertz CT molecular complexity index is 449. The zero-order valence-corrected chi connectivity index (χ0v) is 13.9. The van der Waals surface area contributed by atoms with Crippen molar-refractivity contribution in [3.8, 4) is 5.75 Å². The van der Waals surface area contributed by atoms with Crippen LogP contribution in [0.4, 0.5) is 5.69 Å². The summed E-state index contributed by atoms with van der Waals surface area (Å²) in [5, 5.41) is 2.91. The molecule has 0 saturated carbocycles. The first-order valence-electron chi connectivity index (χ1n) is 6.84. The van der Waals surface area contributed by atoms with Crippen molar-refractivity contribution in [2.45, 2.75) is 39.2 Å². The highest BCUT2D eigenvalue weighted by Crippen LogP contribution is 2.28. The van der Waals surface area contributed by atoms with E-state index in [1.165, 1.54) is 0 Å². The van der Waals surface area contributed by atoms with Crippen LogP contribution in [0.2, 0.25) is 0 Å². The molecule has 112 valence electrons. The van der Waals surface area contributed by atoms with Crippen molar-refractivity contribution < 1.29 is 9.53 Å². The van der Waals surface area contributed by atoms with Crippen LogP contribution in [-0.2, 0) is 4.79 Å². The van der Waals surface area contributed by atoms with Gasteiger partial charge in [-0.15, -0.1) is 0 Å². The molecule has 0 fully saturated rings. The maximum atomic E-state index is 12.1. The first-order chi connectivity index (χ1) is 9.43. The maximum Gasteiger partial charge on any atom is 0.227 e. The standard InChI is InChI=1S/C15H23BrN2O2/c1-10(5-4-6-11(2)17)15(19)18-12-7-8-13(16)14(9-12)20-3/h7-11H,4-6,17H2,1-3H3,(H,18,19). The zero-order valence-electron chi connectivity index (χ0n) is 12.3. The van der Waals surface area contributed by atoms with Crippen LogP contribution in [0, 0.1) is 5.92 Å². The number of anilines is 1. The predicted octanol–water partition coefficient (Wildman–Crippen LogP) is 3.55. The molecule has 4 nitrogen and oxygen atoms in total. The molecule has 1 aromatic carbocycles. The third kappa shape index (κ3) is 5.51. The normalized spacial score (nSPS) is 13.7. The Morgan fingerprint density at radius 1 is 1.40 bits per heavy atom. The van der Waals surface area contributed by atoms with E-state index >= 15 is 0 Å². The molecule has 5 heteroatoms. The summed E-state index contributed by atoms with van der Waals surface area (Å²) < 4.78 is 6.07. The first kappa shape index (κ1) is 17.0. The summed E-state index contributed by atoms with van der Waals surface area (Å²) in [5.74, 6) is 0.704. The smallest absolute Gasteiger partial charge is 0.227 e. The Kier molecular flexibility index (Phi) is 7.02. The molecule has 0 aromatic heterocycles. The van der Waals surface area contributed by atoms with Crippen LogP contribution in [0.1, 0.15) is 33.1 Å². The molecule has 0 saturated heterocycles. The number of nitrogens with two attached hydrogens (primary N) is 1. The van der Waals surface area contributed by atoms with Gasteiger partial charge in [-0.25, -0.2) is 0 Å². The van der Waals surface area contributed by atoms with Crippen LogP contribution in [0.25, 0.3) is 0 Å². The summed E-state index contributed by atoms with van der Waals surface area (Å²) in [7, 11) is 1.60. The van der Waals surface area contributed by atoms with E-state index in [0.717, 1.165) is 29.4 Å². The van der Waals surface area contributed by atoms with E-state index in [9.17, 15) is 4.79 Å². The number of rotatable bonds is 7. The third-order valence-electron chi connectivity index (χ3n) is 3.16. The lowest BCUT2D eigenvalue weighted by Gasteiger charge is -2.14. The average Bonchev–Trinajstić information content (AvgIpc) is 2.40. The summed E-state index contributed by atoms with van der Waals surface area (Å²) in [6.07, 6.45) is 2.76. The summed E-state index contributed by atoms with van der Waals surface area (Å²) in [5.41, 5.74) is 6.45. The second-order valence-electron chi connectivity index (χ2n) is 5.15. The van der Waals surface area contributed by atoms with Gasteiger partial charge in [-0.3, -0.25) is 4.79 Å². The van der Waals surface area contributed by atoms with E-state index in [-0.39, 0.29) is 17.9 Å². The summed E-state index contributed by atoms with van der Waals surface area (Å²) in [6.45, 7) is 3.92. The minimum atomic E-state index is -0.0246. The van der Waals surface area contributed by atoms with Crippen molar-refractivity contribution in [2.75, 3.05) is 12.4 Å². The summed E-state index contributed by atoms with van der Waals surface area (Å²) in [4.78, 5) is 12.1. The number of carbonyl (C=O) groups is 1. The van der Waals surface area contributed by atoms with Gasteiger partial charge in [0.05, 0.1) is 11.6 Å². The SMILES string of the molecule is COc1cc(NC(=O)C(C)CCCC(C)N)ccc1Br. The molecule has 0 aliphatic heterocycles. The average molecular weight is 343 g/mol. The van der Waals surface area contributed by atoms with Gasteiger partial charge in [0.1, 0.15) is 5.75 Å². The van der Waals surface area contributed by atoms with Gasteiger partial charge in [0.2, 0.25) is 5.91 Å². The van der Waals surface area contributed by atoms with Gasteiger partial charge in [0.25, 0.3) is 0 Å². The monoisotopic (exact) mass is 342 g/mol. The molecule has 0 radical (unpaired) electrons. The van der Waals surface area contributed by atoms with E-state index in [2.05, 4.69) is 21.2 Å². The first-order valence-corrected chi connectivity index (χ1v) is 7.63. The lowest BCUT2D eigenvalue weighted by Crippen LogP contribution is -2.21. The fourth-order valence-corrected chi connectivity index (χ4v) is 2.29. The van der Waals surface area contributed by atoms with Crippen LogP contribution < -0.4 is 15.8 Å². The van der Waals surface area contributed by atoms with Crippen LogP contribution in [0.3, 0.4) is 0 Å². The summed E-state index contributed by atoms with van der Waals surface area (Å²) in [6, 6.07) is 5.70. The van der Waals surface area contributed by atoms with Gasteiger partial charge >= 0.3 is 0 Å². The van der Waals surface area contributed by atoms with Crippen molar-refractivity contribution >= 4 is 27.5 Å². The minimum Gasteiger partial charge on any atom is -0.495 e. The molecule has 1 amide bonds. The van der Waals surface area contributed by atoms with Crippen molar-refractivity contribution in [1.82, 2.24) is 0 Å². The van der Waals surface area contributed by atoms with Crippen LogP contribution >= 0.6 is 15.9 Å². The number of nitrogens with one attached hydrogen (secondary N) is 1. The van der Waals surface area contributed by atoms with Gasteiger partial charge in [-0.1, -0.05) is 13.3 Å². The summed E-state index contributed by atoms with van der Waals surface area (Å²) >= 11 is 3.38. The molecule has 1 aromatic rings. The van der Waals surface area contributed by atoms with Crippen molar-refractivity contribution in [1.29, 1.82) is 0 Å². The predicted molar refractivity (Wildman–Crippen MR) is 86.0 cm³/mol. The highest BCUT2D eigenvalue weighted by atomic mass is 79.9. The number of methoxy groups -OCH3 is 1. The van der Waals surface area contributed by atoms with Gasteiger partial charge in [-0.05, 0) is 47.8 Å². The fourth-order valence-electron chi connectivity index (χ4n) is 1.88. The Hall–Kier alpha value is -1.07. The highest BCUT2D eigenvalue weighted by Gasteiger charge is 2.13. The number of carbonyl (C=O) groups excluding carboxylic acids is 1. The van der Waals surface area contributed by atoms with E-state index < -0.39 is 0 Å². The number of ether oxygens (including phenoxy) is 1. The van der Waals surface area contributed by atoms with E-state index in [1.54, 1.807) is 13.2 Å². The number of amides is 1. The molecule has 0 heterocycles. The van der Waals surface area contributed by atoms with Crippen LogP contribution in [-0.4, -0.2) is 19.1 Å². The molecule has 20 heavy (non-hydrogen) atoms. The topological polar surface area (TPSA) is 64.3 Å². The quantitative estimate of drug-likeness (QED) is 0.796. The van der Waals surface area contributed by atoms with Gasteiger partial charge in [0, 0.05) is 23.7 Å². The number of benzene rings is 1. The molecule has 0 aliphatic carbocycles. The Labute approximate surface area is 129 Å². The van der Waals surface area contributed by atoms with Crippen molar-refractivity contribution in [3.63, 3.8) is 0 Å². The van der Waals surface area contributed by atoms with E-state index in [1.807, 2.05) is 26.0 Å². The van der Waals surface area contributed by atoms with Gasteiger partial charge in [-0.2, -0.15) is 0 Å². The Morgan fingerprint density at radius 3 is 2.70 bits per heavy atom. The van der Waals surface area contributed by atoms with E-state index in [0.29, 0.717) is 5.75 Å². The molecule has 2 unspecified atom stereocenters. The Morgan fingerprint density at radius 2 is 2.10 bits per heavy atom. The fraction of sp³-hybridized carbons (Fsp3) is 0.533. The third-order valence-corrected chi connectivity index (χ3v) is 3.82. The molecular formula is C15H23BrN2O2. The zero-order chi connectivity index (χ0) is 15.1. The maximum absolute atomic E-state index is 12.1. The highest BCUT2D eigenvalue weighted by molar-refractivity contribution is 9.10. The number of halogens is 1. The molecule has 0 spiro atoms. The second-order valence-corrected chi connectivity index (χ2v) is 6.00. The lowest BCUT2D eigenvalue weighted by molar-refractivity contribution is -0.119. The van der Waals surface area contributed by atoms with Crippen LogP contribution in [0.5, 0.6) is 5.75 Å². The number of hydrogen-bond donors (Lipinski definition) is 2. The van der Waals surface area contributed by atoms with E-state index in [4.69, 9.17) is 10.5 Å². The van der Waals surface area contributed by atoms with Gasteiger partial charge < -0.3 is 15.8 Å². The molecule has 1 rings (SSSR count). The van der Waals surface area contributed by atoms with Crippen molar-refractivity contribution in [2.24, 2.45) is 11.7 Å². The lowest BCUT2D eigenvalue weighted by atomic mass is 10.0. The Balaban J connectivity index is 2.52. The van der Waals surface area contributed by atoms with Gasteiger partial charge in [0.15, 0.2) is 0 Å². The van der Waals surface area contributed by atoms with Crippen molar-refractivity contribution in [3.05, 3.63) is 22.7 Å². The molecule has 3 N–H and O–H groups in total. The molecule has 2 atom stereocenters. The molecular weight excluding hydrogens is 320 g/mol. The second kappa shape index (κ2) is 8.27. The largest absolute Gasteiger partial charge is 0.495 e. The molecule has 0 aliphatic rings.